The third-order valence-electron chi connectivity index (χ3n) is 3.39. The lowest BCUT2D eigenvalue weighted by atomic mass is 10.1. The first-order valence-electron chi connectivity index (χ1n) is 6.25. The van der Waals surface area contributed by atoms with Gasteiger partial charge in [0, 0.05) is 23.7 Å². The van der Waals surface area contributed by atoms with Crippen LogP contribution >= 0.6 is 11.6 Å². The molecule has 0 radical (unpaired) electrons. The normalized spacial score (nSPS) is 13.6. The molecule has 1 aromatic heterocycles. The predicted octanol–water partition coefficient (Wildman–Crippen LogP) is 1.94. The molecule has 6 nitrogen and oxygen atoms in total. The maximum atomic E-state index is 12.6. The number of halogens is 1. The minimum atomic E-state index is -3.81. The molecule has 8 heteroatoms. The van der Waals surface area contributed by atoms with E-state index in [2.05, 4.69) is 10.2 Å². The molecule has 1 atom stereocenters. The molecule has 0 aliphatic rings. The largest absolute Gasteiger partial charge is 0.392 e. The molecule has 2 rings (SSSR count). The summed E-state index contributed by atoms with van der Waals surface area (Å²) in [6, 6.07) is 6.61. The fourth-order valence-corrected chi connectivity index (χ4v) is 3.73. The van der Waals surface area contributed by atoms with Crippen molar-refractivity contribution in [2.24, 2.45) is 0 Å². The lowest BCUT2D eigenvalue weighted by Crippen LogP contribution is -2.31. The molecule has 2 aromatic rings. The number of aromatic amines is 1. The van der Waals surface area contributed by atoms with E-state index < -0.39 is 22.7 Å². The fraction of sp³-hybridized carbons (Fsp3) is 0.308. The van der Waals surface area contributed by atoms with Crippen molar-refractivity contribution in [2.75, 3.05) is 7.05 Å². The summed E-state index contributed by atoms with van der Waals surface area (Å²) in [5.41, 5.74) is 0.934. The monoisotopic (exact) mass is 329 g/mol. The Labute approximate surface area is 128 Å². The zero-order chi connectivity index (χ0) is 15.6. The van der Waals surface area contributed by atoms with E-state index in [1.54, 1.807) is 31.2 Å². The molecule has 0 amide bonds. The van der Waals surface area contributed by atoms with Gasteiger partial charge < -0.3 is 5.11 Å². The minimum absolute atomic E-state index is 0.105. The van der Waals surface area contributed by atoms with Gasteiger partial charge in [-0.2, -0.15) is 9.40 Å². The van der Waals surface area contributed by atoms with Crippen LogP contribution < -0.4 is 0 Å². The number of aliphatic hydroxyl groups excluding tert-OH is 1. The summed E-state index contributed by atoms with van der Waals surface area (Å²) in [5.74, 6) is 0. The molecule has 0 aliphatic heterocycles. The molecule has 0 spiro atoms. The Kier molecular flexibility index (Phi) is 4.67. The van der Waals surface area contributed by atoms with Crippen LogP contribution in [0.5, 0.6) is 0 Å². The third-order valence-corrected chi connectivity index (χ3v) is 5.67. The van der Waals surface area contributed by atoms with Crippen LogP contribution in [-0.2, 0) is 16.6 Å². The molecule has 0 saturated carbocycles. The van der Waals surface area contributed by atoms with Crippen LogP contribution in [0, 0.1) is 0 Å². The summed E-state index contributed by atoms with van der Waals surface area (Å²) >= 11 is 6.12. The second-order valence-electron chi connectivity index (χ2n) is 4.60. The number of hydrogen-bond donors (Lipinski definition) is 2. The average Bonchev–Trinajstić information content (AvgIpc) is 2.95. The molecule has 1 heterocycles. The smallest absolute Gasteiger partial charge is 0.260 e. The zero-order valence-corrected chi connectivity index (χ0v) is 13.2. The Hall–Kier alpha value is -1.41. The summed E-state index contributed by atoms with van der Waals surface area (Å²) in [5, 5.41) is 15.7. The van der Waals surface area contributed by atoms with Crippen molar-refractivity contribution < 1.29 is 13.5 Å². The van der Waals surface area contributed by atoms with Crippen molar-refractivity contribution in [3.63, 3.8) is 0 Å². The lowest BCUT2D eigenvalue weighted by Gasteiger charge is -2.25. The first-order valence-corrected chi connectivity index (χ1v) is 8.07. The maximum Gasteiger partial charge on any atom is 0.260 e. The average molecular weight is 330 g/mol. The first kappa shape index (κ1) is 16.0. The number of H-pyrrole nitrogens is 1. The van der Waals surface area contributed by atoms with Gasteiger partial charge in [-0.3, -0.25) is 5.10 Å². The van der Waals surface area contributed by atoms with Gasteiger partial charge in [0.25, 0.3) is 10.0 Å². The molecule has 0 fully saturated rings. The predicted molar refractivity (Wildman–Crippen MR) is 79.3 cm³/mol. The van der Waals surface area contributed by atoms with Crippen molar-refractivity contribution in [3.8, 4) is 0 Å². The van der Waals surface area contributed by atoms with Crippen molar-refractivity contribution in [1.29, 1.82) is 0 Å². The third kappa shape index (κ3) is 2.96. The van der Waals surface area contributed by atoms with Gasteiger partial charge in [-0.05, 0) is 18.6 Å². The van der Waals surface area contributed by atoms with Crippen LogP contribution in [0.2, 0.25) is 5.02 Å². The Morgan fingerprint density at radius 2 is 2.10 bits per heavy atom. The molecular weight excluding hydrogens is 314 g/mol. The summed E-state index contributed by atoms with van der Waals surface area (Å²) < 4.78 is 26.4. The molecule has 1 aromatic carbocycles. The molecular formula is C13H16ClN3O3S. The van der Waals surface area contributed by atoms with Crippen molar-refractivity contribution in [2.45, 2.75) is 24.6 Å². The van der Waals surface area contributed by atoms with Crippen molar-refractivity contribution >= 4 is 21.6 Å². The molecule has 114 valence electrons. The van der Waals surface area contributed by atoms with Gasteiger partial charge in [0.2, 0.25) is 0 Å². The van der Waals surface area contributed by atoms with Gasteiger partial charge in [-0.1, -0.05) is 29.8 Å². The van der Waals surface area contributed by atoms with Gasteiger partial charge in [0.1, 0.15) is 0 Å². The highest BCUT2D eigenvalue weighted by molar-refractivity contribution is 7.89. The molecule has 21 heavy (non-hydrogen) atoms. The number of benzene rings is 1. The van der Waals surface area contributed by atoms with Crippen LogP contribution in [0.15, 0.2) is 35.5 Å². The Balaban J connectivity index is 2.39. The second-order valence-corrected chi connectivity index (χ2v) is 6.94. The number of hydrogen-bond acceptors (Lipinski definition) is 4. The summed E-state index contributed by atoms with van der Waals surface area (Å²) in [6.07, 6.45) is 1.29. The lowest BCUT2D eigenvalue weighted by molar-refractivity contribution is 0.277. The fourth-order valence-electron chi connectivity index (χ4n) is 2.00. The molecule has 0 aliphatic carbocycles. The van der Waals surface area contributed by atoms with E-state index in [1.165, 1.54) is 17.5 Å². The SMILES string of the molecule is CC(c1ccccc1Cl)N(C)S(=O)(=O)c1[nH]ncc1CO. The van der Waals surface area contributed by atoms with Gasteiger partial charge in [-0.25, -0.2) is 8.42 Å². The molecule has 0 saturated heterocycles. The number of sulfonamides is 1. The summed E-state index contributed by atoms with van der Waals surface area (Å²) in [7, 11) is -2.34. The molecule has 2 N–H and O–H groups in total. The Bertz CT molecular complexity index is 730. The van der Waals surface area contributed by atoms with Crippen molar-refractivity contribution in [1.82, 2.24) is 14.5 Å². The standard InChI is InChI=1S/C13H16ClN3O3S/c1-9(11-5-3-4-6-12(11)14)17(2)21(19,20)13-10(8-18)7-15-16-13/h3-7,9,18H,8H2,1-2H3,(H,15,16). The van der Waals surface area contributed by atoms with Crippen molar-refractivity contribution in [3.05, 3.63) is 46.6 Å². The highest BCUT2D eigenvalue weighted by Gasteiger charge is 2.30. The zero-order valence-electron chi connectivity index (χ0n) is 11.6. The number of nitrogens with one attached hydrogen (secondary N) is 1. The van der Waals surface area contributed by atoms with E-state index in [0.29, 0.717) is 10.6 Å². The van der Waals surface area contributed by atoms with Crippen LogP contribution in [0.25, 0.3) is 0 Å². The van der Waals surface area contributed by atoms with E-state index in [1.807, 2.05) is 0 Å². The summed E-state index contributed by atoms with van der Waals surface area (Å²) in [4.78, 5) is 0. The topological polar surface area (TPSA) is 86.3 Å². The summed E-state index contributed by atoms with van der Waals surface area (Å²) in [6.45, 7) is 1.34. The van der Waals surface area contributed by atoms with Crippen LogP contribution in [-0.4, -0.2) is 35.1 Å². The molecule has 1 unspecified atom stereocenters. The van der Waals surface area contributed by atoms with E-state index in [-0.39, 0.29) is 10.6 Å². The van der Waals surface area contributed by atoms with Gasteiger partial charge >= 0.3 is 0 Å². The number of rotatable bonds is 5. The van der Waals surface area contributed by atoms with Crippen LogP contribution in [0.4, 0.5) is 0 Å². The highest BCUT2D eigenvalue weighted by atomic mass is 35.5. The van der Waals surface area contributed by atoms with E-state index >= 15 is 0 Å². The second kappa shape index (κ2) is 6.15. The minimum Gasteiger partial charge on any atom is -0.392 e. The van der Waals surface area contributed by atoms with Crippen LogP contribution in [0.3, 0.4) is 0 Å². The highest BCUT2D eigenvalue weighted by Crippen LogP contribution is 2.30. The van der Waals surface area contributed by atoms with Gasteiger partial charge in [-0.15, -0.1) is 0 Å². The Morgan fingerprint density at radius 1 is 1.43 bits per heavy atom. The quantitative estimate of drug-likeness (QED) is 0.877. The first-order chi connectivity index (χ1) is 9.89. The Morgan fingerprint density at radius 3 is 2.71 bits per heavy atom. The maximum absolute atomic E-state index is 12.6. The molecule has 0 bridgehead atoms. The number of aliphatic hydroxyl groups is 1. The number of aromatic nitrogens is 2. The van der Waals surface area contributed by atoms with E-state index in [0.717, 1.165) is 0 Å². The van der Waals surface area contributed by atoms with Gasteiger partial charge in [0.15, 0.2) is 5.03 Å². The van der Waals surface area contributed by atoms with E-state index in [9.17, 15) is 13.5 Å². The van der Waals surface area contributed by atoms with E-state index in [4.69, 9.17) is 11.6 Å². The van der Waals surface area contributed by atoms with Crippen LogP contribution in [0.1, 0.15) is 24.1 Å². The number of nitrogens with zero attached hydrogens (tertiary/aromatic N) is 2. The van der Waals surface area contributed by atoms with Gasteiger partial charge in [0.05, 0.1) is 12.8 Å².